The standard InChI is InChI=1S/C14H21N3/c1-11-6-2-3-7-12(11)10-16-14(15)17-13-8-4-5-9-13/h2-3,6-7,13H,4-5,8-10H2,1H3,(H3,15,16,17). The fourth-order valence-electron chi connectivity index (χ4n) is 2.28. The second-order valence-corrected chi connectivity index (χ2v) is 4.75. The highest BCUT2D eigenvalue weighted by Crippen LogP contribution is 2.17. The van der Waals surface area contributed by atoms with Gasteiger partial charge in [-0.25, -0.2) is 4.99 Å². The van der Waals surface area contributed by atoms with Crippen LogP contribution in [0.2, 0.25) is 0 Å². The number of benzene rings is 1. The molecule has 0 atom stereocenters. The van der Waals surface area contributed by atoms with Gasteiger partial charge in [0.1, 0.15) is 0 Å². The molecule has 92 valence electrons. The second-order valence-electron chi connectivity index (χ2n) is 4.75. The highest BCUT2D eigenvalue weighted by atomic mass is 15.1. The molecule has 2 rings (SSSR count). The zero-order chi connectivity index (χ0) is 12.1. The fraction of sp³-hybridized carbons (Fsp3) is 0.500. The lowest BCUT2D eigenvalue weighted by molar-refractivity contribution is 0.625. The Morgan fingerprint density at radius 1 is 1.35 bits per heavy atom. The van der Waals surface area contributed by atoms with Crippen molar-refractivity contribution < 1.29 is 0 Å². The maximum atomic E-state index is 5.89. The molecular formula is C14H21N3. The van der Waals surface area contributed by atoms with Crippen molar-refractivity contribution in [3.63, 3.8) is 0 Å². The fourth-order valence-corrected chi connectivity index (χ4v) is 2.28. The van der Waals surface area contributed by atoms with E-state index in [0.29, 0.717) is 18.5 Å². The van der Waals surface area contributed by atoms with Gasteiger partial charge in [-0.3, -0.25) is 0 Å². The van der Waals surface area contributed by atoms with E-state index >= 15 is 0 Å². The number of hydrogen-bond donors (Lipinski definition) is 2. The van der Waals surface area contributed by atoms with Gasteiger partial charge in [0.25, 0.3) is 0 Å². The first-order valence-corrected chi connectivity index (χ1v) is 6.36. The molecule has 1 fully saturated rings. The van der Waals surface area contributed by atoms with Crippen molar-refractivity contribution in [3.8, 4) is 0 Å². The van der Waals surface area contributed by atoms with Crippen molar-refractivity contribution in [2.75, 3.05) is 0 Å². The smallest absolute Gasteiger partial charge is 0.189 e. The average Bonchev–Trinajstić information content (AvgIpc) is 2.81. The van der Waals surface area contributed by atoms with Gasteiger partial charge in [-0.05, 0) is 30.9 Å². The SMILES string of the molecule is Cc1ccccc1CN=C(N)NC1CCCC1. The van der Waals surface area contributed by atoms with Crippen LogP contribution in [0.25, 0.3) is 0 Å². The van der Waals surface area contributed by atoms with E-state index in [1.54, 1.807) is 0 Å². The first-order chi connectivity index (χ1) is 8.25. The predicted octanol–water partition coefficient (Wildman–Crippen LogP) is 2.34. The third kappa shape index (κ3) is 3.48. The van der Waals surface area contributed by atoms with Crippen molar-refractivity contribution >= 4 is 5.96 Å². The highest BCUT2D eigenvalue weighted by Gasteiger charge is 2.14. The maximum absolute atomic E-state index is 5.89. The normalized spacial score (nSPS) is 17.4. The summed E-state index contributed by atoms with van der Waals surface area (Å²) in [6, 6.07) is 8.82. The molecule has 3 N–H and O–H groups in total. The number of nitrogens with two attached hydrogens (primary N) is 1. The molecule has 0 bridgehead atoms. The molecule has 0 heterocycles. The third-order valence-electron chi connectivity index (χ3n) is 3.39. The van der Waals surface area contributed by atoms with Crippen molar-refractivity contribution in [1.82, 2.24) is 5.32 Å². The molecule has 0 aromatic heterocycles. The van der Waals surface area contributed by atoms with Gasteiger partial charge >= 0.3 is 0 Å². The molecule has 3 nitrogen and oxygen atoms in total. The lowest BCUT2D eigenvalue weighted by Gasteiger charge is -2.12. The molecule has 0 amide bonds. The molecule has 0 unspecified atom stereocenters. The minimum Gasteiger partial charge on any atom is -0.370 e. The second kappa shape index (κ2) is 5.71. The van der Waals surface area contributed by atoms with Crippen LogP contribution in [0.3, 0.4) is 0 Å². The minimum atomic E-state index is 0.538. The van der Waals surface area contributed by atoms with Gasteiger partial charge in [-0.2, -0.15) is 0 Å². The summed E-state index contributed by atoms with van der Waals surface area (Å²) < 4.78 is 0. The monoisotopic (exact) mass is 231 g/mol. The largest absolute Gasteiger partial charge is 0.370 e. The van der Waals surface area contributed by atoms with E-state index < -0.39 is 0 Å². The van der Waals surface area contributed by atoms with Crippen molar-refractivity contribution in [2.45, 2.75) is 45.2 Å². The van der Waals surface area contributed by atoms with Crippen LogP contribution in [0.15, 0.2) is 29.3 Å². The van der Waals surface area contributed by atoms with Crippen LogP contribution in [-0.4, -0.2) is 12.0 Å². The number of nitrogens with one attached hydrogen (secondary N) is 1. The number of aliphatic imine (C=N–C) groups is 1. The van der Waals surface area contributed by atoms with E-state index in [-0.39, 0.29) is 0 Å². The molecular weight excluding hydrogens is 210 g/mol. The van der Waals surface area contributed by atoms with Gasteiger partial charge in [0.2, 0.25) is 0 Å². The van der Waals surface area contributed by atoms with Gasteiger partial charge in [-0.15, -0.1) is 0 Å². The molecule has 1 aliphatic carbocycles. The number of guanidine groups is 1. The van der Waals surface area contributed by atoms with E-state index in [4.69, 9.17) is 5.73 Å². The molecule has 1 aliphatic rings. The molecule has 0 radical (unpaired) electrons. The molecule has 1 aromatic rings. The summed E-state index contributed by atoms with van der Waals surface area (Å²) in [4.78, 5) is 4.40. The molecule has 0 spiro atoms. The summed E-state index contributed by atoms with van der Waals surface area (Å²) in [7, 11) is 0. The van der Waals surface area contributed by atoms with E-state index in [9.17, 15) is 0 Å². The van der Waals surface area contributed by atoms with Crippen LogP contribution < -0.4 is 11.1 Å². The van der Waals surface area contributed by atoms with Crippen molar-refractivity contribution in [1.29, 1.82) is 0 Å². The van der Waals surface area contributed by atoms with E-state index in [1.165, 1.54) is 36.8 Å². The summed E-state index contributed by atoms with van der Waals surface area (Å²) in [5.74, 6) is 0.583. The first kappa shape index (κ1) is 12.0. The van der Waals surface area contributed by atoms with Gasteiger partial charge in [0.05, 0.1) is 6.54 Å². The van der Waals surface area contributed by atoms with Gasteiger partial charge in [-0.1, -0.05) is 37.1 Å². The first-order valence-electron chi connectivity index (χ1n) is 6.36. The Morgan fingerprint density at radius 3 is 2.76 bits per heavy atom. The van der Waals surface area contributed by atoms with Crippen LogP contribution in [-0.2, 0) is 6.54 Å². The number of rotatable bonds is 3. The Bertz CT molecular complexity index is 392. The van der Waals surface area contributed by atoms with Crippen LogP contribution in [0.1, 0.15) is 36.8 Å². The Kier molecular flexibility index (Phi) is 4.02. The van der Waals surface area contributed by atoms with Crippen LogP contribution in [0, 0.1) is 6.92 Å². The maximum Gasteiger partial charge on any atom is 0.189 e. The van der Waals surface area contributed by atoms with Crippen molar-refractivity contribution in [3.05, 3.63) is 35.4 Å². The Balaban J connectivity index is 1.89. The number of nitrogens with zero attached hydrogens (tertiary/aromatic N) is 1. The third-order valence-corrected chi connectivity index (χ3v) is 3.39. The van der Waals surface area contributed by atoms with E-state index in [0.717, 1.165) is 0 Å². The summed E-state index contributed by atoms with van der Waals surface area (Å²) in [6.07, 6.45) is 5.06. The molecule has 0 aliphatic heterocycles. The minimum absolute atomic E-state index is 0.538. The lowest BCUT2D eigenvalue weighted by atomic mass is 10.1. The average molecular weight is 231 g/mol. The molecule has 0 saturated heterocycles. The summed E-state index contributed by atoms with van der Waals surface area (Å²) in [5.41, 5.74) is 8.40. The van der Waals surface area contributed by atoms with Gasteiger partial charge in [0, 0.05) is 6.04 Å². The topological polar surface area (TPSA) is 50.4 Å². The van der Waals surface area contributed by atoms with Crippen LogP contribution >= 0.6 is 0 Å². The Hall–Kier alpha value is -1.51. The van der Waals surface area contributed by atoms with Crippen molar-refractivity contribution in [2.24, 2.45) is 10.7 Å². The quantitative estimate of drug-likeness (QED) is 0.619. The van der Waals surface area contributed by atoms with Crippen LogP contribution in [0.5, 0.6) is 0 Å². The highest BCUT2D eigenvalue weighted by molar-refractivity contribution is 5.78. The summed E-state index contributed by atoms with van der Waals surface area (Å²) in [6.45, 7) is 2.77. The predicted molar refractivity (Wildman–Crippen MR) is 71.9 cm³/mol. The molecule has 17 heavy (non-hydrogen) atoms. The molecule has 1 saturated carbocycles. The van der Waals surface area contributed by atoms with E-state index in [2.05, 4.69) is 29.4 Å². The zero-order valence-corrected chi connectivity index (χ0v) is 10.4. The number of aryl methyl sites for hydroxylation is 1. The van der Waals surface area contributed by atoms with Gasteiger partial charge in [0.15, 0.2) is 5.96 Å². The molecule has 1 aromatic carbocycles. The Labute approximate surface area is 103 Å². The van der Waals surface area contributed by atoms with Gasteiger partial charge < -0.3 is 11.1 Å². The molecule has 3 heteroatoms. The Morgan fingerprint density at radius 2 is 2.06 bits per heavy atom. The van der Waals surface area contributed by atoms with Crippen LogP contribution in [0.4, 0.5) is 0 Å². The summed E-state index contributed by atoms with van der Waals surface area (Å²) >= 11 is 0. The zero-order valence-electron chi connectivity index (χ0n) is 10.4. The number of hydrogen-bond acceptors (Lipinski definition) is 1. The summed E-state index contributed by atoms with van der Waals surface area (Å²) in [5, 5.41) is 3.30. The lowest BCUT2D eigenvalue weighted by Crippen LogP contribution is -2.38. The van der Waals surface area contributed by atoms with E-state index in [1.807, 2.05) is 12.1 Å².